The van der Waals surface area contributed by atoms with Gasteiger partial charge >= 0.3 is 24.7 Å². The van der Waals surface area contributed by atoms with Gasteiger partial charge in [-0.15, -0.1) is 0 Å². The number of hydrogen-bond acceptors (Lipinski definition) is 0. The van der Waals surface area contributed by atoms with E-state index in [2.05, 4.69) is 0 Å². The van der Waals surface area contributed by atoms with E-state index in [4.69, 9.17) is 0 Å². The largest absolute Gasteiger partial charge is 0.428 e. The fourth-order valence-electron chi connectivity index (χ4n) is 4.45. The fraction of sp³-hybridized carbons (Fsp3) is 1.00. The minimum Gasteiger partial charge on any atom is -0.227 e. The summed E-state index contributed by atoms with van der Waals surface area (Å²) in [4.78, 5) is 0. The van der Waals surface area contributed by atoms with Gasteiger partial charge in [-0.3, -0.25) is 0 Å². The second-order valence-electron chi connectivity index (χ2n) is 9.94. The first-order valence-corrected chi connectivity index (χ1v) is 11.5. The molecule has 0 aliphatic carbocycles. The Morgan fingerprint density at radius 3 is 1.16 bits per heavy atom. The predicted octanol–water partition coefficient (Wildman–Crippen LogP) is 10.6. The molecule has 0 bridgehead atoms. The van der Waals surface area contributed by atoms with Crippen molar-refractivity contribution in [1.29, 1.82) is 0 Å². The molecule has 0 saturated carbocycles. The highest BCUT2D eigenvalue weighted by atomic mass is 19.4. The van der Waals surface area contributed by atoms with Crippen LogP contribution in [0.1, 0.15) is 79.1 Å². The van der Waals surface area contributed by atoms with Gasteiger partial charge < -0.3 is 0 Å². The summed E-state index contributed by atoms with van der Waals surface area (Å²) in [5, 5.41) is 0. The van der Waals surface area contributed by atoms with Crippen molar-refractivity contribution in [2.24, 2.45) is 23.2 Å². The predicted molar refractivity (Wildman–Crippen MR) is 106 cm³/mol. The van der Waals surface area contributed by atoms with E-state index in [0.717, 1.165) is 0 Å². The molecule has 0 radical (unpaired) electrons. The van der Waals surface area contributed by atoms with Gasteiger partial charge in [0.1, 0.15) is 0 Å². The molecule has 0 aliphatic rings. The molecular weight excluding hydrogens is 549 g/mol. The molecule has 37 heavy (non-hydrogen) atoms. The molecule has 0 amide bonds. The van der Waals surface area contributed by atoms with Crippen molar-refractivity contribution in [2.75, 3.05) is 0 Å². The SMILES string of the molecule is CCCC(CCC(C)C)C(CCC(F)(C(C)(F)F)C(F)(F)F)CCC(C(F)(F)F)(C(F)(F)F)C(F)(F)F. The summed E-state index contributed by atoms with van der Waals surface area (Å²) < 4.78 is 202. The fourth-order valence-corrected chi connectivity index (χ4v) is 4.45. The molecule has 0 heterocycles. The van der Waals surface area contributed by atoms with E-state index in [1.807, 2.05) is 0 Å². The van der Waals surface area contributed by atoms with Gasteiger partial charge in [0.05, 0.1) is 0 Å². The summed E-state index contributed by atoms with van der Waals surface area (Å²) in [5.41, 5.74) is -11.4. The number of alkyl halides is 15. The summed E-state index contributed by atoms with van der Waals surface area (Å²) >= 11 is 0. The third-order valence-electron chi connectivity index (χ3n) is 6.79. The molecule has 3 atom stereocenters. The Hall–Kier alpha value is -1.05. The third-order valence-corrected chi connectivity index (χ3v) is 6.79. The summed E-state index contributed by atoms with van der Waals surface area (Å²) in [5.74, 6) is -7.94. The van der Waals surface area contributed by atoms with E-state index in [1.54, 1.807) is 13.8 Å². The molecule has 0 nitrogen and oxygen atoms in total. The minimum atomic E-state index is -6.88. The second kappa shape index (κ2) is 12.0. The average Bonchev–Trinajstić information content (AvgIpc) is 2.62. The van der Waals surface area contributed by atoms with Gasteiger partial charge in [-0.1, -0.05) is 40.0 Å². The van der Waals surface area contributed by atoms with Crippen molar-refractivity contribution in [3.05, 3.63) is 0 Å². The molecule has 0 rings (SSSR count). The van der Waals surface area contributed by atoms with Crippen LogP contribution in [-0.2, 0) is 0 Å². The Morgan fingerprint density at radius 2 is 0.865 bits per heavy atom. The molecule has 0 aromatic carbocycles. The number of halogens is 15. The van der Waals surface area contributed by atoms with Gasteiger partial charge in [-0.2, -0.15) is 52.7 Å². The van der Waals surface area contributed by atoms with Crippen molar-refractivity contribution in [3.8, 4) is 0 Å². The van der Waals surface area contributed by atoms with Crippen LogP contribution < -0.4 is 0 Å². The standard InChI is InChI=1S/C22H31F15/c1-5-6-14(8-7-13(2)3)15(10-12-18(25,16(4,23)24)22(35,36)37)9-11-17(19(26,27)28,20(29,30)31)21(32,33)34/h13-15H,5-12H2,1-4H3. The topological polar surface area (TPSA) is 0 Å². The first-order chi connectivity index (χ1) is 16.2. The van der Waals surface area contributed by atoms with Crippen molar-refractivity contribution >= 4 is 0 Å². The van der Waals surface area contributed by atoms with Crippen LogP contribution in [0, 0.1) is 23.2 Å². The monoisotopic (exact) mass is 580 g/mol. The van der Waals surface area contributed by atoms with Crippen molar-refractivity contribution in [2.45, 2.75) is 115 Å². The maximum atomic E-state index is 14.6. The lowest BCUT2D eigenvalue weighted by Gasteiger charge is -2.40. The average molecular weight is 580 g/mol. The second-order valence-corrected chi connectivity index (χ2v) is 9.94. The quantitative estimate of drug-likeness (QED) is 0.190. The van der Waals surface area contributed by atoms with E-state index < -0.39 is 79.2 Å². The third kappa shape index (κ3) is 8.22. The summed E-state index contributed by atoms with van der Waals surface area (Å²) in [6.45, 7) is 4.43. The van der Waals surface area contributed by atoms with Gasteiger partial charge in [-0.25, -0.2) is 13.2 Å². The van der Waals surface area contributed by atoms with Crippen molar-refractivity contribution < 1.29 is 65.9 Å². The van der Waals surface area contributed by atoms with Crippen LogP contribution in [-0.4, -0.2) is 36.3 Å². The molecule has 0 aliphatic heterocycles. The molecule has 0 aromatic rings. The van der Waals surface area contributed by atoms with Crippen LogP contribution in [0.15, 0.2) is 0 Å². The highest BCUT2D eigenvalue weighted by molar-refractivity contribution is 5.01. The van der Waals surface area contributed by atoms with E-state index in [1.165, 1.54) is 6.92 Å². The molecule has 15 heteroatoms. The molecule has 0 saturated heterocycles. The highest BCUT2D eigenvalue weighted by Crippen LogP contribution is 2.62. The van der Waals surface area contributed by atoms with E-state index in [0.29, 0.717) is 0 Å². The van der Waals surface area contributed by atoms with Crippen molar-refractivity contribution in [3.63, 3.8) is 0 Å². The number of rotatable bonds is 13. The van der Waals surface area contributed by atoms with Gasteiger partial charge in [0.25, 0.3) is 17.0 Å². The van der Waals surface area contributed by atoms with Crippen LogP contribution in [0.5, 0.6) is 0 Å². The normalized spacial score (nSPS) is 18.2. The van der Waals surface area contributed by atoms with E-state index >= 15 is 0 Å². The Bertz CT molecular complexity index is 627. The minimum absolute atomic E-state index is 0.0267. The molecule has 0 N–H and O–H groups in total. The van der Waals surface area contributed by atoms with Gasteiger partial charge in [0.15, 0.2) is 0 Å². The first-order valence-electron chi connectivity index (χ1n) is 11.5. The molecular formula is C22H31F15. The van der Waals surface area contributed by atoms with Crippen LogP contribution in [0.3, 0.4) is 0 Å². The summed E-state index contributed by atoms with van der Waals surface area (Å²) in [7, 11) is 0. The summed E-state index contributed by atoms with van der Waals surface area (Å²) in [6.07, 6.45) is -34.0. The zero-order valence-corrected chi connectivity index (χ0v) is 20.6. The van der Waals surface area contributed by atoms with E-state index in [9.17, 15) is 65.9 Å². The van der Waals surface area contributed by atoms with Crippen LogP contribution in [0.4, 0.5) is 65.9 Å². The Kier molecular flexibility index (Phi) is 11.7. The lowest BCUT2D eigenvalue weighted by Crippen LogP contribution is -2.59. The Morgan fingerprint density at radius 1 is 0.486 bits per heavy atom. The smallest absolute Gasteiger partial charge is 0.227 e. The van der Waals surface area contributed by atoms with Crippen LogP contribution >= 0.6 is 0 Å². The maximum Gasteiger partial charge on any atom is 0.428 e. The molecule has 224 valence electrons. The molecule has 0 fully saturated rings. The van der Waals surface area contributed by atoms with Crippen molar-refractivity contribution in [1.82, 2.24) is 0 Å². The van der Waals surface area contributed by atoms with Gasteiger partial charge in [0, 0.05) is 6.92 Å². The lowest BCUT2D eigenvalue weighted by molar-refractivity contribution is -0.429. The van der Waals surface area contributed by atoms with E-state index in [-0.39, 0.29) is 38.5 Å². The number of hydrogen-bond donors (Lipinski definition) is 0. The van der Waals surface area contributed by atoms with Crippen LogP contribution in [0.25, 0.3) is 0 Å². The highest BCUT2D eigenvalue weighted by Gasteiger charge is 2.82. The zero-order chi connectivity index (χ0) is 29.9. The van der Waals surface area contributed by atoms with Gasteiger partial charge in [0.2, 0.25) is 0 Å². The molecule has 0 aromatic heterocycles. The Labute approximate surface area is 205 Å². The van der Waals surface area contributed by atoms with Gasteiger partial charge in [-0.05, 0) is 49.9 Å². The lowest BCUT2D eigenvalue weighted by atomic mass is 9.72. The zero-order valence-electron chi connectivity index (χ0n) is 20.6. The maximum absolute atomic E-state index is 14.6. The first kappa shape index (κ1) is 35.9. The Balaban J connectivity index is 6.58. The van der Waals surface area contributed by atoms with Crippen LogP contribution in [0.2, 0.25) is 0 Å². The molecule has 3 unspecified atom stereocenters. The molecule has 0 spiro atoms. The summed E-state index contributed by atoms with van der Waals surface area (Å²) in [6, 6.07) is 0.